The molecule has 1 aromatic rings. The Hall–Kier alpha value is -1.11. The molecule has 102 valence electrons. The molecule has 1 aromatic carbocycles. The molecule has 0 aliphatic rings. The molecular formula is C12H19NO4S. The highest BCUT2D eigenvalue weighted by Gasteiger charge is 2.04. The molecule has 3 N–H and O–H groups in total. The van der Waals surface area contributed by atoms with Crippen LogP contribution in [0.4, 0.5) is 0 Å². The van der Waals surface area contributed by atoms with Gasteiger partial charge >= 0.3 is 0 Å². The summed E-state index contributed by atoms with van der Waals surface area (Å²) in [6.45, 7) is 0.635. The maximum absolute atomic E-state index is 10.5. The minimum absolute atomic E-state index is 0.0505. The summed E-state index contributed by atoms with van der Waals surface area (Å²) < 4.78 is 34.9. The van der Waals surface area contributed by atoms with Gasteiger partial charge in [-0.25, -0.2) is 0 Å². The van der Waals surface area contributed by atoms with Gasteiger partial charge in [0.1, 0.15) is 18.1 Å². The first-order valence-electron chi connectivity index (χ1n) is 5.88. The highest BCUT2D eigenvalue weighted by molar-refractivity contribution is 7.85. The van der Waals surface area contributed by atoms with Gasteiger partial charge in [0.15, 0.2) is 0 Å². The Kier molecular flexibility index (Phi) is 6.11. The number of aryl methyl sites for hydroxylation is 1. The van der Waals surface area contributed by atoms with Gasteiger partial charge in [-0.2, -0.15) is 8.42 Å². The smallest absolute Gasteiger partial charge is 0.268 e. The van der Waals surface area contributed by atoms with Crippen LogP contribution in [0.3, 0.4) is 0 Å². The maximum atomic E-state index is 10.5. The maximum Gasteiger partial charge on any atom is 0.268 e. The second kappa shape index (κ2) is 7.35. The standard InChI is InChI=1S/C12H19NO4S/c13-7-2-1-4-11-5-3-6-12(10-11)17-8-9-18(14,15)16/h3,5-6,10H,1-2,4,7-9,13H2,(H,14,15,16). The van der Waals surface area contributed by atoms with Crippen molar-refractivity contribution in [2.24, 2.45) is 5.73 Å². The van der Waals surface area contributed by atoms with Crippen LogP contribution in [-0.4, -0.2) is 31.9 Å². The van der Waals surface area contributed by atoms with E-state index < -0.39 is 15.9 Å². The number of hydrogen-bond donors (Lipinski definition) is 2. The van der Waals surface area contributed by atoms with E-state index in [0.29, 0.717) is 12.3 Å². The van der Waals surface area contributed by atoms with Gasteiger partial charge in [-0.3, -0.25) is 4.55 Å². The minimum Gasteiger partial charge on any atom is -0.492 e. The van der Waals surface area contributed by atoms with Crippen molar-refractivity contribution in [3.05, 3.63) is 29.8 Å². The predicted molar refractivity (Wildman–Crippen MR) is 70.3 cm³/mol. The third kappa shape index (κ3) is 6.58. The van der Waals surface area contributed by atoms with E-state index >= 15 is 0 Å². The molecule has 0 aromatic heterocycles. The number of rotatable bonds is 8. The molecule has 0 spiro atoms. The monoisotopic (exact) mass is 273 g/mol. The van der Waals surface area contributed by atoms with Gasteiger partial charge in [-0.05, 0) is 43.5 Å². The van der Waals surface area contributed by atoms with Gasteiger partial charge in [0, 0.05) is 0 Å². The SMILES string of the molecule is NCCCCc1cccc(OCCS(=O)(=O)O)c1. The van der Waals surface area contributed by atoms with Crippen LogP contribution < -0.4 is 10.5 Å². The van der Waals surface area contributed by atoms with E-state index in [1.165, 1.54) is 0 Å². The number of unbranched alkanes of at least 4 members (excludes halogenated alkanes) is 1. The van der Waals surface area contributed by atoms with E-state index in [1.54, 1.807) is 6.07 Å². The Morgan fingerprint density at radius 2 is 2.06 bits per heavy atom. The van der Waals surface area contributed by atoms with Crippen molar-refractivity contribution < 1.29 is 17.7 Å². The third-order valence-electron chi connectivity index (χ3n) is 2.43. The number of nitrogens with two attached hydrogens (primary N) is 1. The largest absolute Gasteiger partial charge is 0.492 e. The number of ether oxygens (including phenoxy) is 1. The average molecular weight is 273 g/mol. The van der Waals surface area contributed by atoms with Crippen molar-refractivity contribution in [2.75, 3.05) is 18.9 Å². The molecule has 18 heavy (non-hydrogen) atoms. The summed E-state index contributed by atoms with van der Waals surface area (Å²) >= 11 is 0. The molecule has 0 unspecified atom stereocenters. The second-order valence-electron chi connectivity index (χ2n) is 4.03. The summed E-state index contributed by atoms with van der Waals surface area (Å²) in [5.41, 5.74) is 6.56. The van der Waals surface area contributed by atoms with Crippen LogP contribution in [0.5, 0.6) is 5.75 Å². The summed E-state index contributed by atoms with van der Waals surface area (Å²) in [6.07, 6.45) is 2.92. The number of benzene rings is 1. The molecule has 0 radical (unpaired) electrons. The van der Waals surface area contributed by atoms with Gasteiger partial charge in [0.25, 0.3) is 10.1 Å². The molecule has 1 rings (SSSR count). The molecule has 0 atom stereocenters. The van der Waals surface area contributed by atoms with E-state index in [1.807, 2.05) is 18.2 Å². The molecule has 6 heteroatoms. The van der Waals surface area contributed by atoms with Gasteiger partial charge in [0.05, 0.1) is 0 Å². The first-order chi connectivity index (χ1) is 8.51. The fourth-order valence-corrected chi connectivity index (χ4v) is 1.82. The highest BCUT2D eigenvalue weighted by atomic mass is 32.2. The lowest BCUT2D eigenvalue weighted by Crippen LogP contribution is -2.12. The fraction of sp³-hybridized carbons (Fsp3) is 0.500. The molecule has 0 aliphatic carbocycles. The summed E-state index contributed by atoms with van der Waals surface area (Å²) in [7, 11) is -3.96. The Bertz CT molecular complexity index is 459. The van der Waals surface area contributed by atoms with Gasteiger partial charge in [-0.15, -0.1) is 0 Å². The van der Waals surface area contributed by atoms with Crippen molar-refractivity contribution in [3.63, 3.8) is 0 Å². The van der Waals surface area contributed by atoms with Gasteiger partial charge < -0.3 is 10.5 Å². The van der Waals surface area contributed by atoms with Crippen molar-refractivity contribution >= 4 is 10.1 Å². The van der Waals surface area contributed by atoms with Crippen LogP contribution in [0.15, 0.2) is 24.3 Å². The van der Waals surface area contributed by atoms with Crippen molar-refractivity contribution in [3.8, 4) is 5.75 Å². The molecule has 0 bridgehead atoms. The van der Waals surface area contributed by atoms with Crippen LogP contribution in [0, 0.1) is 0 Å². The van der Waals surface area contributed by atoms with E-state index in [9.17, 15) is 8.42 Å². The quantitative estimate of drug-likeness (QED) is 0.549. The van der Waals surface area contributed by atoms with Crippen molar-refractivity contribution in [1.29, 1.82) is 0 Å². The normalized spacial score (nSPS) is 11.4. The van der Waals surface area contributed by atoms with Crippen molar-refractivity contribution in [2.45, 2.75) is 19.3 Å². The fourth-order valence-electron chi connectivity index (χ4n) is 1.53. The Labute approximate surface area is 108 Å². The molecule has 5 nitrogen and oxygen atoms in total. The first kappa shape index (κ1) is 14.9. The Balaban J connectivity index is 2.44. The molecule has 0 fully saturated rings. The summed E-state index contributed by atoms with van der Waals surface area (Å²) in [5.74, 6) is 0.216. The first-order valence-corrected chi connectivity index (χ1v) is 7.49. The van der Waals surface area contributed by atoms with E-state index in [0.717, 1.165) is 24.8 Å². The zero-order valence-electron chi connectivity index (χ0n) is 10.2. The van der Waals surface area contributed by atoms with Crippen molar-refractivity contribution in [1.82, 2.24) is 0 Å². The van der Waals surface area contributed by atoms with E-state index in [4.69, 9.17) is 15.0 Å². The molecule has 0 saturated heterocycles. The van der Waals surface area contributed by atoms with Gasteiger partial charge in [-0.1, -0.05) is 12.1 Å². The molecule has 0 heterocycles. The zero-order chi connectivity index (χ0) is 13.4. The minimum atomic E-state index is -3.96. The van der Waals surface area contributed by atoms with Crippen LogP contribution in [-0.2, 0) is 16.5 Å². The topological polar surface area (TPSA) is 89.6 Å². The van der Waals surface area contributed by atoms with Crippen LogP contribution >= 0.6 is 0 Å². The molecular weight excluding hydrogens is 254 g/mol. The average Bonchev–Trinajstić information content (AvgIpc) is 2.28. The Morgan fingerprint density at radius 3 is 2.72 bits per heavy atom. The predicted octanol–water partition coefficient (Wildman–Crippen LogP) is 1.23. The van der Waals surface area contributed by atoms with Crippen LogP contribution in [0.25, 0.3) is 0 Å². The summed E-state index contributed by atoms with van der Waals surface area (Å²) in [4.78, 5) is 0. The summed E-state index contributed by atoms with van der Waals surface area (Å²) in [6, 6.07) is 7.49. The summed E-state index contributed by atoms with van der Waals surface area (Å²) in [5, 5.41) is 0. The molecule has 0 amide bonds. The van der Waals surface area contributed by atoms with E-state index in [-0.39, 0.29) is 6.61 Å². The Morgan fingerprint density at radius 1 is 1.28 bits per heavy atom. The van der Waals surface area contributed by atoms with Gasteiger partial charge in [0.2, 0.25) is 0 Å². The van der Waals surface area contributed by atoms with Crippen LogP contribution in [0.1, 0.15) is 18.4 Å². The third-order valence-corrected chi connectivity index (χ3v) is 3.11. The second-order valence-corrected chi connectivity index (χ2v) is 5.60. The lowest BCUT2D eigenvalue weighted by molar-refractivity contribution is 0.335. The lowest BCUT2D eigenvalue weighted by atomic mass is 10.1. The van der Waals surface area contributed by atoms with Crippen LogP contribution in [0.2, 0.25) is 0 Å². The van der Waals surface area contributed by atoms with E-state index in [2.05, 4.69) is 0 Å². The molecule has 0 saturated carbocycles. The zero-order valence-corrected chi connectivity index (χ0v) is 11.0. The number of hydrogen-bond acceptors (Lipinski definition) is 4. The molecule has 0 aliphatic heterocycles. The lowest BCUT2D eigenvalue weighted by Gasteiger charge is -2.07. The highest BCUT2D eigenvalue weighted by Crippen LogP contribution is 2.15.